The minimum atomic E-state index is -0.544. The van der Waals surface area contributed by atoms with Crippen LogP contribution in [0.4, 0.5) is 0 Å². The quantitative estimate of drug-likeness (QED) is 0.303. The molecule has 0 aliphatic heterocycles. The molecule has 0 aromatic rings. The van der Waals surface area contributed by atoms with Crippen molar-refractivity contribution in [1.82, 2.24) is 0 Å². The van der Waals surface area contributed by atoms with Crippen molar-refractivity contribution in [3.05, 3.63) is 11.6 Å². The number of Topliss-reactive ketones (excluding diaryl/α,β-unsaturated/α-hetero) is 1. The fourth-order valence-electron chi connectivity index (χ4n) is 8.37. The van der Waals surface area contributed by atoms with Gasteiger partial charge in [0.2, 0.25) is 0 Å². The van der Waals surface area contributed by atoms with Crippen LogP contribution in [0.15, 0.2) is 11.6 Å². The highest BCUT2D eigenvalue weighted by Gasteiger charge is 2.67. The maximum absolute atomic E-state index is 13.2. The van der Waals surface area contributed by atoms with Crippen molar-refractivity contribution in [3.8, 4) is 0 Å². The van der Waals surface area contributed by atoms with Crippen LogP contribution >= 0.6 is 0 Å². The van der Waals surface area contributed by atoms with Crippen molar-refractivity contribution in [2.24, 2.45) is 39.4 Å². The first-order valence-electron chi connectivity index (χ1n) is 11.8. The SMILES string of the molecule is COC(=O)C1CCC2(CC1=O)C(C)CC=C1C2(C)CCC12CC(C)CCC2(C)C. The molecule has 0 radical (unpaired) electrons. The molecule has 4 rings (SSSR count). The number of carbonyl (C=O) groups excluding carboxylic acids is 2. The number of ether oxygens (including phenoxy) is 1. The first-order valence-corrected chi connectivity index (χ1v) is 11.8. The lowest BCUT2D eigenvalue weighted by Crippen LogP contribution is -2.54. The lowest BCUT2D eigenvalue weighted by molar-refractivity contribution is -0.156. The molecule has 3 nitrogen and oxygen atoms in total. The molecule has 0 bridgehead atoms. The van der Waals surface area contributed by atoms with E-state index in [1.807, 2.05) is 0 Å². The van der Waals surface area contributed by atoms with Crippen LogP contribution in [-0.4, -0.2) is 18.9 Å². The Labute approximate surface area is 177 Å². The largest absolute Gasteiger partial charge is 0.468 e. The highest BCUT2D eigenvalue weighted by Crippen LogP contribution is 2.75. The van der Waals surface area contributed by atoms with E-state index < -0.39 is 5.92 Å². The predicted octanol–water partition coefficient (Wildman–Crippen LogP) is 6.11. The van der Waals surface area contributed by atoms with Gasteiger partial charge in [0.05, 0.1) is 7.11 Å². The first kappa shape index (κ1) is 21.1. The van der Waals surface area contributed by atoms with Crippen molar-refractivity contribution >= 4 is 11.8 Å². The molecule has 0 amide bonds. The fourth-order valence-corrected chi connectivity index (χ4v) is 8.37. The van der Waals surface area contributed by atoms with Crippen LogP contribution in [0.2, 0.25) is 0 Å². The molecule has 0 heterocycles. The summed E-state index contributed by atoms with van der Waals surface area (Å²) in [4.78, 5) is 25.3. The number of esters is 1. The second kappa shape index (κ2) is 6.69. The Balaban J connectivity index is 1.75. The number of hydrogen-bond acceptors (Lipinski definition) is 3. The highest BCUT2D eigenvalue weighted by atomic mass is 16.5. The van der Waals surface area contributed by atoms with Crippen molar-refractivity contribution in [2.75, 3.05) is 7.11 Å². The zero-order chi connectivity index (χ0) is 21.2. The molecule has 3 heteroatoms. The maximum atomic E-state index is 13.2. The summed E-state index contributed by atoms with van der Waals surface area (Å²) >= 11 is 0. The van der Waals surface area contributed by atoms with Gasteiger partial charge in [-0.05, 0) is 78.4 Å². The molecular formula is C26H40O3. The van der Waals surface area contributed by atoms with E-state index in [-0.39, 0.29) is 28.0 Å². The number of fused-ring (bicyclic) bond motifs is 3. The van der Waals surface area contributed by atoms with Gasteiger partial charge in [-0.15, -0.1) is 0 Å². The summed E-state index contributed by atoms with van der Waals surface area (Å²) < 4.78 is 4.93. The van der Waals surface area contributed by atoms with Gasteiger partial charge < -0.3 is 4.74 Å². The smallest absolute Gasteiger partial charge is 0.316 e. The molecule has 4 aliphatic rings. The minimum Gasteiger partial charge on any atom is -0.468 e. The minimum absolute atomic E-state index is 0.00104. The molecule has 0 aromatic heterocycles. The third kappa shape index (κ3) is 2.67. The summed E-state index contributed by atoms with van der Waals surface area (Å²) in [5.41, 5.74) is 2.37. The molecule has 29 heavy (non-hydrogen) atoms. The van der Waals surface area contributed by atoms with Crippen LogP contribution < -0.4 is 0 Å². The van der Waals surface area contributed by atoms with Gasteiger partial charge in [-0.3, -0.25) is 9.59 Å². The van der Waals surface area contributed by atoms with Gasteiger partial charge in [0.15, 0.2) is 0 Å². The van der Waals surface area contributed by atoms with Gasteiger partial charge in [-0.25, -0.2) is 0 Å². The van der Waals surface area contributed by atoms with Crippen LogP contribution in [0.3, 0.4) is 0 Å². The topological polar surface area (TPSA) is 43.4 Å². The van der Waals surface area contributed by atoms with E-state index >= 15 is 0 Å². The van der Waals surface area contributed by atoms with Crippen LogP contribution in [0.25, 0.3) is 0 Å². The second-order valence-corrected chi connectivity index (χ2v) is 11.8. The van der Waals surface area contributed by atoms with Crippen molar-refractivity contribution in [2.45, 2.75) is 92.4 Å². The number of ketones is 1. The summed E-state index contributed by atoms with van der Waals surface area (Å²) in [5, 5.41) is 0. The van der Waals surface area contributed by atoms with E-state index in [1.54, 1.807) is 5.57 Å². The second-order valence-electron chi connectivity index (χ2n) is 11.8. The van der Waals surface area contributed by atoms with Crippen molar-refractivity contribution in [1.29, 1.82) is 0 Å². The maximum Gasteiger partial charge on any atom is 0.316 e. The average Bonchev–Trinajstić information content (AvgIpc) is 2.97. The van der Waals surface area contributed by atoms with Crippen LogP contribution in [-0.2, 0) is 14.3 Å². The predicted molar refractivity (Wildman–Crippen MR) is 115 cm³/mol. The number of carbonyl (C=O) groups is 2. The Morgan fingerprint density at radius 2 is 1.79 bits per heavy atom. The Morgan fingerprint density at radius 1 is 1.07 bits per heavy atom. The summed E-state index contributed by atoms with van der Waals surface area (Å²) in [6.07, 6.45) is 12.2. The van der Waals surface area contributed by atoms with Crippen LogP contribution in [0.5, 0.6) is 0 Å². The molecule has 2 spiro atoms. The van der Waals surface area contributed by atoms with Crippen LogP contribution in [0.1, 0.15) is 92.4 Å². The molecule has 6 atom stereocenters. The van der Waals surface area contributed by atoms with E-state index in [4.69, 9.17) is 4.74 Å². The molecular weight excluding hydrogens is 360 g/mol. The van der Waals surface area contributed by atoms with Gasteiger partial charge in [0.1, 0.15) is 11.7 Å². The fraction of sp³-hybridized carbons (Fsp3) is 0.846. The highest BCUT2D eigenvalue weighted by molar-refractivity contribution is 6.00. The molecule has 162 valence electrons. The van der Waals surface area contributed by atoms with Gasteiger partial charge in [0, 0.05) is 6.42 Å². The Morgan fingerprint density at radius 3 is 2.45 bits per heavy atom. The van der Waals surface area contributed by atoms with Gasteiger partial charge in [-0.1, -0.05) is 52.7 Å². The molecule has 3 saturated carbocycles. The monoisotopic (exact) mass is 400 g/mol. The van der Waals surface area contributed by atoms with E-state index in [2.05, 4.69) is 40.7 Å². The number of allylic oxidation sites excluding steroid dienone is 2. The van der Waals surface area contributed by atoms with E-state index in [9.17, 15) is 9.59 Å². The van der Waals surface area contributed by atoms with Gasteiger partial charge >= 0.3 is 5.97 Å². The van der Waals surface area contributed by atoms with Crippen molar-refractivity contribution in [3.63, 3.8) is 0 Å². The summed E-state index contributed by atoms with van der Waals surface area (Å²) in [6, 6.07) is 0. The van der Waals surface area contributed by atoms with E-state index in [0.717, 1.165) is 18.8 Å². The zero-order valence-corrected chi connectivity index (χ0v) is 19.4. The number of methoxy groups -OCH3 is 1. The Hall–Kier alpha value is -1.12. The third-order valence-electron chi connectivity index (χ3n) is 10.4. The molecule has 0 aromatic carbocycles. The average molecular weight is 401 g/mol. The first-order chi connectivity index (χ1) is 13.5. The lowest BCUT2D eigenvalue weighted by atomic mass is 9.43. The summed E-state index contributed by atoms with van der Waals surface area (Å²) in [6.45, 7) is 12.2. The Bertz CT molecular complexity index is 749. The van der Waals surface area contributed by atoms with Gasteiger partial charge in [-0.2, -0.15) is 0 Å². The molecule has 6 unspecified atom stereocenters. The lowest BCUT2D eigenvalue weighted by Gasteiger charge is -2.60. The molecule has 0 N–H and O–H groups in total. The third-order valence-corrected chi connectivity index (χ3v) is 10.4. The molecule has 3 fully saturated rings. The summed E-state index contributed by atoms with van der Waals surface area (Å²) in [5.74, 6) is 0.502. The summed E-state index contributed by atoms with van der Waals surface area (Å²) in [7, 11) is 1.40. The van der Waals surface area contributed by atoms with Crippen molar-refractivity contribution < 1.29 is 14.3 Å². The Kier molecular flexibility index (Phi) is 4.87. The number of hydrogen-bond donors (Lipinski definition) is 0. The zero-order valence-electron chi connectivity index (χ0n) is 19.4. The van der Waals surface area contributed by atoms with Crippen LogP contribution in [0, 0.1) is 39.4 Å². The normalized spacial score (nSPS) is 46.5. The van der Waals surface area contributed by atoms with E-state index in [1.165, 1.54) is 39.2 Å². The number of rotatable bonds is 1. The molecule has 4 aliphatic carbocycles. The molecule has 0 saturated heterocycles. The van der Waals surface area contributed by atoms with Gasteiger partial charge in [0.25, 0.3) is 0 Å². The standard InChI is InChI=1S/C26H40O3/c1-17-9-11-23(3,4)26(15-17)14-13-24(5)21(26)8-7-18(2)25(24)12-10-19(20(27)16-25)22(28)29-6/h8,17-19H,7,9-16H2,1-6H3. The van der Waals surface area contributed by atoms with E-state index in [0.29, 0.717) is 24.2 Å².